The quantitative estimate of drug-likeness (QED) is 0.922. The van der Waals surface area contributed by atoms with E-state index in [0.29, 0.717) is 11.8 Å². The van der Waals surface area contributed by atoms with Gasteiger partial charge in [-0.1, -0.05) is 37.8 Å². The van der Waals surface area contributed by atoms with Crippen LogP contribution in [0.2, 0.25) is 0 Å². The Morgan fingerprint density at radius 3 is 2.28 bits per heavy atom. The fourth-order valence-corrected chi connectivity index (χ4v) is 4.32. The molecule has 1 N–H and O–H groups in total. The molecule has 2 heterocycles. The summed E-state index contributed by atoms with van der Waals surface area (Å²) >= 11 is 0. The van der Waals surface area contributed by atoms with E-state index < -0.39 is 0 Å². The number of phenols is 1. The van der Waals surface area contributed by atoms with Gasteiger partial charge in [0, 0.05) is 0 Å². The Labute approximate surface area is 148 Å². The van der Waals surface area contributed by atoms with E-state index in [1.54, 1.807) is 12.1 Å². The van der Waals surface area contributed by atoms with Crippen molar-refractivity contribution in [2.24, 2.45) is 0 Å². The van der Waals surface area contributed by atoms with Gasteiger partial charge in [0.15, 0.2) is 5.82 Å². The van der Waals surface area contributed by atoms with Crippen molar-refractivity contribution in [1.29, 1.82) is 0 Å². The number of hydrogen-bond donors (Lipinski definition) is 1. The standard InChI is InChI=1S/C19H27N5O/c25-17-11-9-15(10-12-17)18(23-13-5-1-2-6-14-23)19-20-21-22-24(19)16-7-3-4-8-16/h9-12,16,18,25H,1-8,13-14H2. The third-order valence-corrected chi connectivity index (χ3v) is 5.65. The van der Waals surface area contributed by atoms with Gasteiger partial charge >= 0.3 is 0 Å². The van der Waals surface area contributed by atoms with Gasteiger partial charge in [-0.05, 0) is 66.9 Å². The van der Waals surface area contributed by atoms with Gasteiger partial charge in [-0.15, -0.1) is 5.10 Å². The summed E-state index contributed by atoms with van der Waals surface area (Å²) in [6, 6.07) is 8.05. The predicted octanol–water partition coefficient (Wildman–Crippen LogP) is 3.46. The number of aromatic hydroxyl groups is 1. The van der Waals surface area contributed by atoms with Crippen LogP contribution in [0.25, 0.3) is 0 Å². The molecule has 0 amide bonds. The highest BCUT2D eigenvalue weighted by atomic mass is 16.3. The summed E-state index contributed by atoms with van der Waals surface area (Å²) in [5.41, 5.74) is 1.16. The van der Waals surface area contributed by atoms with E-state index in [1.165, 1.54) is 51.4 Å². The Hall–Kier alpha value is -1.95. The number of rotatable bonds is 4. The number of tetrazole rings is 1. The Balaban J connectivity index is 1.72. The van der Waals surface area contributed by atoms with Crippen molar-refractivity contribution in [1.82, 2.24) is 25.1 Å². The van der Waals surface area contributed by atoms with Gasteiger partial charge in [-0.3, -0.25) is 4.90 Å². The van der Waals surface area contributed by atoms with E-state index in [0.717, 1.165) is 24.5 Å². The third-order valence-electron chi connectivity index (χ3n) is 5.65. The molecule has 6 heteroatoms. The number of likely N-dealkylation sites (tertiary alicyclic amines) is 1. The van der Waals surface area contributed by atoms with Crippen molar-refractivity contribution in [3.05, 3.63) is 35.7 Å². The molecule has 2 fully saturated rings. The molecular weight excluding hydrogens is 314 g/mol. The van der Waals surface area contributed by atoms with Crippen LogP contribution in [-0.2, 0) is 0 Å². The summed E-state index contributed by atoms with van der Waals surface area (Å²) in [4.78, 5) is 2.52. The first-order chi connectivity index (χ1) is 12.3. The Morgan fingerprint density at radius 2 is 1.60 bits per heavy atom. The molecule has 134 valence electrons. The monoisotopic (exact) mass is 341 g/mol. The molecule has 1 aromatic carbocycles. The average Bonchev–Trinajstić information content (AvgIpc) is 3.24. The van der Waals surface area contributed by atoms with Crippen LogP contribution < -0.4 is 0 Å². The topological polar surface area (TPSA) is 67.1 Å². The van der Waals surface area contributed by atoms with E-state index >= 15 is 0 Å². The van der Waals surface area contributed by atoms with Crippen LogP contribution in [-0.4, -0.2) is 43.3 Å². The van der Waals surface area contributed by atoms with Gasteiger partial charge in [0.1, 0.15) is 5.75 Å². The molecule has 1 saturated carbocycles. The van der Waals surface area contributed by atoms with Crippen molar-refractivity contribution in [3.8, 4) is 5.75 Å². The van der Waals surface area contributed by atoms with Gasteiger partial charge in [0.05, 0.1) is 12.1 Å². The zero-order chi connectivity index (χ0) is 17.1. The van der Waals surface area contributed by atoms with Crippen LogP contribution in [0, 0.1) is 0 Å². The summed E-state index contributed by atoms with van der Waals surface area (Å²) in [6.45, 7) is 2.14. The minimum absolute atomic E-state index is 0.0642. The smallest absolute Gasteiger partial charge is 0.173 e. The summed E-state index contributed by atoms with van der Waals surface area (Å²) in [5, 5.41) is 22.6. The van der Waals surface area contributed by atoms with Crippen LogP contribution >= 0.6 is 0 Å². The molecule has 4 rings (SSSR count). The first kappa shape index (κ1) is 16.5. The Morgan fingerprint density at radius 1 is 0.920 bits per heavy atom. The molecular formula is C19H27N5O. The lowest BCUT2D eigenvalue weighted by Crippen LogP contribution is -2.33. The second kappa shape index (κ2) is 7.52. The second-order valence-corrected chi connectivity index (χ2v) is 7.36. The van der Waals surface area contributed by atoms with Gasteiger partial charge < -0.3 is 5.11 Å². The fraction of sp³-hybridized carbons (Fsp3) is 0.632. The lowest BCUT2D eigenvalue weighted by atomic mass is 10.0. The molecule has 0 radical (unpaired) electrons. The molecule has 1 atom stereocenters. The maximum atomic E-state index is 9.69. The van der Waals surface area contributed by atoms with Crippen molar-refractivity contribution < 1.29 is 5.11 Å². The Kier molecular flexibility index (Phi) is 4.97. The maximum Gasteiger partial charge on any atom is 0.173 e. The first-order valence-electron chi connectivity index (χ1n) is 9.63. The Bertz CT molecular complexity index is 669. The van der Waals surface area contributed by atoms with E-state index in [1.807, 2.05) is 12.1 Å². The van der Waals surface area contributed by atoms with E-state index in [2.05, 4.69) is 25.1 Å². The normalized spacial score (nSPS) is 21.3. The third kappa shape index (κ3) is 3.54. The highest BCUT2D eigenvalue weighted by Crippen LogP contribution is 2.35. The highest BCUT2D eigenvalue weighted by molar-refractivity contribution is 5.31. The molecule has 1 saturated heterocycles. The molecule has 1 aromatic heterocycles. The van der Waals surface area contributed by atoms with Crippen molar-refractivity contribution in [3.63, 3.8) is 0 Å². The summed E-state index contributed by atoms with van der Waals surface area (Å²) in [7, 11) is 0. The molecule has 2 aliphatic rings. The molecule has 0 bridgehead atoms. The van der Waals surface area contributed by atoms with Gasteiger partial charge in [0.2, 0.25) is 0 Å². The van der Waals surface area contributed by atoms with Crippen molar-refractivity contribution in [2.75, 3.05) is 13.1 Å². The highest BCUT2D eigenvalue weighted by Gasteiger charge is 2.31. The molecule has 1 aliphatic heterocycles. The van der Waals surface area contributed by atoms with Crippen molar-refractivity contribution >= 4 is 0 Å². The van der Waals surface area contributed by atoms with E-state index in [9.17, 15) is 5.11 Å². The van der Waals surface area contributed by atoms with Gasteiger partial charge in [-0.25, -0.2) is 4.68 Å². The molecule has 2 aromatic rings. The second-order valence-electron chi connectivity index (χ2n) is 7.36. The minimum atomic E-state index is 0.0642. The number of hydrogen-bond acceptors (Lipinski definition) is 5. The predicted molar refractivity (Wildman–Crippen MR) is 95.3 cm³/mol. The van der Waals surface area contributed by atoms with Crippen LogP contribution in [0.4, 0.5) is 0 Å². The minimum Gasteiger partial charge on any atom is -0.508 e. The SMILES string of the molecule is Oc1ccc(C(c2nnnn2C2CCCC2)N2CCCCCC2)cc1. The maximum absolute atomic E-state index is 9.69. The van der Waals surface area contributed by atoms with Crippen LogP contribution in [0.15, 0.2) is 24.3 Å². The number of phenolic OH excluding ortho intramolecular Hbond substituents is 1. The average molecular weight is 341 g/mol. The van der Waals surface area contributed by atoms with Gasteiger partial charge in [-0.2, -0.15) is 0 Å². The van der Waals surface area contributed by atoms with E-state index in [-0.39, 0.29) is 6.04 Å². The van der Waals surface area contributed by atoms with Crippen molar-refractivity contribution in [2.45, 2.75) is 63.5 Å². The molecule has 25 heavy (non-hydrogen) atoms. The van der Waals surface area contributed by atoms with Gasteiger partial charge in [0.25, 0.3) is 0 Å². The zero-order valence-corrected chi connectivity index (χ0v) is 14.7. The van der Waals surface area contributed by atoms with Crippen LogP contribution in [0.1, 0.15) is 74.8 Å². The molecule has 0 spiro atoms. The number of aromatic nitrogens is 4. The summed E-state index contributed by atoms with van der Waals surface area (Å²) < 4.78 is 2.08. The molecule has 1 aliphatic carbocycles. The van der Waals surface area contributed by atoms with Crippen LogP contribution in [0.3, 0.4) is 0 Å². The molecule has 1 unspecified atom stereocenters. The largest absolute Gasteiger partial charge is 0.508 e. The summed E-state index contributed by atoms with van der Waals surface area (Å²) in [5.74, 6) is 1.26. The lowest BCUT2D eigenvalue weighted by Gasteiger charge is -2.30. The fourth-order valence-electron chi connectivity index (χ4n) is 4.32. The molecule has 6 nitrogen and oxygen atoms in total. The summed E-state index contributed by atoms with van der Waals surface area (Å²) in [6.07, 6.45) is 9.90. The van der Waals surface area contributed by atoms with E-state index in [4.69, 9.17) is 0 Å². The lowest BCUT2D eigenvalue weighted by molar-refractivity contribution is 0.217. The number of nitrogens with zero attached hydrogens (tertiary/aromatic N) is 5. The number of benzene rings is 1. The van der Waals surface area contributed by atoms with Crippen LogP contribution in [0.5, 0.6) is 5.75 Å². The zero-order valence-electron chi connectivity index (χ0n) is 14.7. The first-order valence-corrected chi connectivity index (χ1v) is 9.63.